The molecule has 102 valence electrons. The van der Waals surface area contributed by atoms with Crippen LogP contribution in [0.1, 0.15) is 30.2 Å². The molecule has 0 aliphatic carbocycles. The molecule has 1 aromatic rings. The van der Waals surface area contributed by atoms with Gasteiger partial charge in [-0.05, 0) is 44.9 Å². The Labute approximate surface area is 113 Å². The van der Waals surface area contributed by atoms with Gasteiger partial charge in [-0.2, -0.15) is 0 Å². The molecule has 1 amide bonds. The summed E-state index contributed by atoms with van der Waals surface area (Å²) in [7, 11) is 4.07. The lowest BCUT2D eigenvalue weighted by atomic mass is 10.2. The van der Waals surface area contributed by atoms with Gasteiger partial charge in [0.2, 0.25) is 5.91 Å². The second-order valence-corrected chi connectivity index (χ2v) is 5.52. The molecule has 0 saturated heterocycles. The number of nitrogens with zero attached hydrogens (tertiary/aromatic N) is 1. The van der Waals surface area contributed by atoms with Crippen LogP contribution >= 0.6 is 11.3 Å². The zero-order valence-electron chi connectivity index (χ0n) is 11.2. The Morgan fingerprint density at radius 2 is 2.28 bits per heavy atom. The molecule has 1 atom stereocenters. The molecule has 1 heterocycles. The summed E-state index contributed by atoms with van der Waals surface area (Å²) in [6.45, 7) is 1.32. The molecule has 0 fully saturated rings. The maximum atomic E-state index is 11.6. The summed E-state index contributed by atoms with van der Waals surface area (Å²) in [6.07, 6.45) is 2.35. The van der Waals surface area contributed by atoms with Crippen LogP contribution in [-0.4, -0.2) is 38.0 Å². The number of thiophene rings is 1. The van der Waals surface area contributed by atoms with Gasteiger partial charge in [0.25, 0.3) is 0 Å². The van der Waals surface area contributed by atoms with E-state index in [1.54, 1.807) is 11.3 Å². The Hall–Kier alpha value is -0.910. The van der Waals surface area contributed by atoms with E-state index in [0.29, 0.717) is 19.5 Å². The molecule has 0 bridgehead atoms. The summed E-state index contributed by atoms with van der Waals surface area (Å²) in [5, 5.41) is 5.06. The fourth-order valence-electron chi connectivity index (χ4n) is 1.75. The van der Waals surface area contributed by atoms with Crippen LogP contribution in [-0.2, 0) is 4.79 Å². The molecule has 0 aliphatic heterocycles. The summed E-state index contributed by atoms with van der Waals surface area (Å²) in [5.41, 5.74) is 5.40. The monoisotopic (exact) mass is 269 g/mol. The summed E-state index contributed by atoms with van der Waals surface area (Å²) in [5.74, 6) is 0.117. The van der Waals surface area contributed by atoms with Crippen LogP contribution < -0.4 is 11.1 Å². The van der Waals surface area contributed by atoms with Crippen LogP contribution in [0.2, 0.25) is 0 Å². The van der Waals surface area contributed by atoms with Crippen LogP contribution in [0.25, 0.3) is 0 Å². The molecule has 0 aliphatic rings. The molecule has 4 nitrogen and oxygen atoms in total. The Bertz CT molecular complexity index is 338. The van der Waals surface area contributed by atoms with Gasteiger partial charge >= 0.3 is 0 Å². The number of carbonyl (C=O) groups is 1. The molecule has 0 aromatic carbocycles. The quantitative estimate of drug-likeness (QED) is 0.705. The SMILES string of the molecule is CN(C)C(CNC(=O)CCCCN)c1cccs1. The lowest BCUT2D eigenvalue weighted by Gasteiger charge is -2.23. The van der Waals surface area contributed by atoms with Crippen molar-refractivity contribution < 1.29 is 4.79 Å². The molecule has 1 unspecified atom stereocenters. The van der Waals surface area contributed by atoms with Gasteiger partial charge in [-0.15, -0.1) is 11.3 Å². The first-order valence-corrected chi connectivity index (χ1v) is 7.19. The van der Waals surface area contributed by atoms with Crippen molar-refractivity contribution >= 4 is 17.2 Å². The molecular weight excluding hydrogens is 246 g/mol. The third-order valence-electron chi connectivity index (χ3n) is 2.85. The van der Waals surface area contributed by atoms with Gasteiger partial charge in [0, 0.05) is 17.8 Å². The predicted octanol–water partition coefficient (Wildman–Crippen LogP) is 1.60. The van der Waals surface area contributed by atoms with E-state index >= 15 is 0 Å². The number of rotatable bonds is 8. The highest BCUT2D eigenvalue weighted by atomic mass is 32.1. The van der Waals surface area contributed by atoms with Crippen molar-refractivity contribution in [1.82, 2.24) is 10.2 Å². The Kier molecular flexibility index (Phi) is 6.93. The van der Waals surface area contributed by atoms with E-state index in [9.17, 15) is 4.79 Å². The molecule has 0 saturated carbocycles. The molecule has 18 heavy (non-hydrogen) atoms. The van der Waals surface area contributed by atoms with Gasteiger partial charge in [0.15, 0.2) is 0 Å². The fourth-order valence-corrected chi connectivity index (χ4v) is 2.67. The normalized spacial score (nSPS) is 12.7. The van der Waals surface area contributed by atoms with Crippen LogP contribution in [0.4, 0.5) is 0 Å². The summed E-state index contributed by atoms with van der Waals surface area (Å²) in [4.78, 5) is 15.1. The van der Waals surface area contributed by atoms with E-state index in [0.717, 1.165) is 12.8 Å². The van der Waals surface area contributed by atoms with E-state index in [1.807, 2.05) is 20.2 Å². The highest BCUT2D eigenvalue weighted by Gasteiger charge is 2.15. The fraction of sp³-hybridized carbons (Fsp3) is 0.615. The van der Waals surface area contributed by atoms with Gasteiger partial charge in [0.1, 0.15) is 0 Å². The number of nitrogens with one attached hydrogen (secondary N) is 1. The number of likely N-dealkylation sites (N-methyl/N-ethyl adjacent to an activating group) is 1. The maximum Gasteiger partial charge on any atom is 0.220 e. The zero-order chi connectivity index (χ0) is 13.4. The lowest BCUT2D eigenvalue weighted by molar-refractivity contribution is -0.121. The highest BCUT2D eigenvalue weighted by Crippen LogP contribution is 2.22. The first-order valence-electron chi connectivity index (χ1n) is 6.31. The number of carbonyl (C=O) groups excluding carboxylic acids is 1. The molecule has 1 rings (SSSR count). The van der Waals surface area contributed by atoms with Crippen molar-refractivity contribution in [3.05, 3.63) is 22.4 Å². The zero-order valence-corrected chi connectivity index (χ0v) is 12.0. The minimum Gasteiger partial charge on any atom is -0.354 e. The average molecular weight is 269 g/mol. The Balaban J connectivity index is 2.37. The van der Waals surface area contributed by atoms with Crippen molar-refractivity contribution in [3.63, 3.8) is 0 Å². The van der Waals surface area contributed by atoms with Crippen LogP contribution in [0, 0.1) is 0 Å². The highest BCUT2D eigenvalue weighted by molar-refractivity contribution is 7.10. The second-order valence-electron chi connectivity index (χ2n) is 4.54. The van der Waals surface area contributed by atoms with Crippen molar-refractivity contribution in [3.8, 4) is 0 Å². The Morgan fingerprint density at radius 1 is 1.50 bits per heavy atom. The average Bonchev–Trinajstić information content (AvgIpc) is 2.83. The summed E-state index contributed by atoms with van der Waals surface area (Å²) >= 11 is 1.72. The van der Waals surface area contributed by atoms with Gasteiger partial charge in [0.05, 0.1) is 6.04 Å². The Morgan fingerprint density at radius 3 is 2.83 bits per heavy atom. The lowest BCUT2D eigenvalue weighted by Crippen LogP contribution is -2.34. The predicted molar refractivity (Wildman–Crippen MR) is 76.7 cm³/mol. The molecular formula is C13H23N3OS. The molecule has 1 aromatic heterocycles. The largest absolute Gasteiger partial charge is 0.354 e. The minimum atomic E-state index is 0.117. The van der Waals surface area contributed by atoms with E-state index in [4.69, 9.17) is 5.73 Å². The van der Waals surface area contributed by atoms with E-state index in [-0.39, 0.29) is 11.9 Å². The smallest absolute Gasteiger partial charge is 0.220 e. The van der Waals surface area contributed by atoms with Crippen molar-refractivity contribution in [2.75, 3.05) is 27.2 Å². The van der Waals surface area contributed by atoms with E-state index < -0.39 is 0 Å². The second kappa shape index (κ2) is 8.24. The minimum absolute atomic E-state index is 0.117. The van der Waals surface area contributed by atoms with E-state index in [2.05, 4.69) is 21.7 Å². The van der Waals surface area contributed by atoms with Crippen LogP contribution in [0.3, 0.4) is 0 Å². The third-order valence-corrected chi connectivity index (χ3v) is 3.82. The number of unbranched alkanes of at least 4 members (excludes halogenated alkanes) is 1. The topological polar surface area (TPSA) is 58.4 Å². The molecule has 3 N–H and O–H groups in total. The van der Waals surface area contributed by atoms with Gasteiger partial charge < -0.3 is 16.0 Å². The first-order chi connectivity index (χ1) is 8.65. The first kappa shape index (κ1) is 15.1. The van der Waals surface area contributed by atoms with Crippen molar-refractivity contribution in [2.24, 2.45) is 5.73 Å². The number of nitrogens with two attached hydrogens (primary N) is 1. The summed E-state index contributed by atoms with van der Waals surface area (Å²) < 4.78 is 0. The number of amides is 1. The molecule has 5 heteroatoms. The van der Waals surface area contributed by atoms with Crippen molar-refractivity contribution in [1.29, 1.82) is 0 Å². The maximum absolute atomic E-state index is 11.6. The molecule has 0 spiro atoms. The van der Waals surface area contributed by atoms with Gasteiger partial charge in [-0.25, -0.2) is 0 Å². The van der Waals surface area contributed by atoms with Gasteiger partial charge in [-0.3, -0.25) is 4.79 Å². The number of hydrogen-bond donors (Lipinski definition) is 2. The molecule has 0 radical (unpaired) electrons. The van der Waals surface area contributed by atoms with Gasteiger partial charge in [-0.1, -0.05) is 6.07 Å². The van der Waals surface area contributed by atoms with E-state index in [1.165, 1.54) is 4.88 Å². The summed E-state index contributed by atoms with van der Waals surface area (Å²) in [6, 6.07) is 4.40. The standard InChI is InChI=1S/C13H23N3OS/c1-16(2)11(12-6-5-9-18-12)10-15-13(17)7-3-4-8-14/h5-6,9,11H,3-4,7-8,10,14H2,1-2H3,(H,15,17). The third kappa shape index (κ3) is 5.16. The number of hydrogen-bond acceptors (Lipinski definition) is 4. The van der Waals surface area contributed by atoms with Crippen LogP contribution in [0.15, 0.2) is 17.5 Å². The van der Waals surface area contributed by atoms with Crippen molar-refractivity contribution in [2.45, 2.75) is 25.3 Å². The van der Waals surface area contributed by atoms with Crippen LogP contribution in [0.5, 0.6) is 0 Å².